The number of rotatable bonds is 0. The van der Waals surface area contributed by atoms with Crippen LogP contribution in [0, 0.1) is 0 Å². The lowest BCUT2D eigenvalue weighted by atomic mass is 10.2. The molecule has 0 aliphatic carbocycles. The molecule has 0 bridgehead atoms. The Hall–Kier alpha value is -1.77. The third-order valence-corrected chi connectivity index (χ3v) is 3.67. The van der Waals surface area contributed by atoms with Crippen molar-refractivity contribution >= 4 is 21.8 Å². The van der Waals surface area contributed by atoms with Crippen molar-refractivity contribution in [1.82, 2.24) is 0 Å². The summed E-state index contributed by atoms with van der Waals surface area (Å²) in [5, 5.41) is 4.60. The van der Waals surface area contributed by atoms with Gasteiger partial charge in [0, 0.05) is 34.4 Å². The van der Waals surface area contributed by atoms with Crippen LogP contribution in [0.3, 0.4) is 0 Å². The van der Waals surface area contributed by atoms with Gasteiger partial charge in [-0.05, 0) is 12.1 Å². The molecule has 7 heteroatoms. The predicted octanol–water partition coefficient (Wildman–Crippen LogP) is -0.463. The predicted molar refractivity (Wildman–Crippen MR) is 83.7 cm³/mol. The molecule has 2 aliphatic rings. The fourth-order valence-corrected chi connectivity index (χ4v) is 2.69. The molecule has 2 aromatic rings. The molecule has 2 heterocycles. The second kappa shape index (κ2) is 8.19. The average Bonchev–Trinajstić information content (AvgIpc) is 3.15. The maximum Gasteiger partial charge on any atom is 0.133 e. The molecule has 0 spiro atoms. The Kier molecular flexibility index (Phi) is 6.26. The third kappa shape index (κ3) is 6.47. The average molecular weight is 336 g/mol. The Bertz CT molecular complexity index is 644. The molecule has 0 fully saturated rings. The van der Waals surface area contributed by atoms with Crippen LogP contribution in [-0.2, 0) is 23.2 Å². The van der Waals surface area contributed by atoms with Crippen LogP contribution >= 0.6 is 0 Å². The molecule has 4 N–H and O–H groups in total. The van der Waals surface area contributed by atoms with Crippen LogP contribution in [0.25, 0.3) is 0 Å². The van der Waals surface area contributed by atoms with Gasteiger partial charge in [0.15, 0.2) is 0 Å². The minimum absolute atomic E-state index is 1.24. The zero-order chi connectivity index (χ0) is 16.7. The maximum atomic E-state index is 8.52. The lowest BCUT2D eigenvalue weighted by Crippen LogP contribution is -2.75. The molecule has 0 amide bonds. The first-order valence-corrected chi connectivity index (χ1v) is 8.76. The van der Waals surface area contributed by atoms with Gasteiger partial charge in [-0.3, -0.25) is 8.42 Å². The van der Waals surface area contributed by atoms with Crippen LogP contribution in [-0.4, -0.2) is 30.6 Å². The van der Waals surface area contributed by atoms with Gasteiger partial charge in [-0.15, -0.1) is 0 Å². The monoisotopic (exact) mass is 336 g/mol. The van der Waals surface area contributed by atoms with Gasteiger partial charge in [0.25, 0.3) is 0 Å². The van der Waals surface area contributed by atoms with E-state index in [9.17, 15) is 0 Å². The van der Waals surface area contributed by atoms with Crippen LogP contribution < -0.4 is 10.6 Å². The van der Waals surface area contributed by atoms with E-state index < -0.39 is 10.4 Å². The fraction of sp³-hybridized carbons (Fsp3) is 0.250. The number of quaternary nitrogens is 2. The molecule has 2 aliphatic heterocycles. The van der Waals surface area contributed by atoms with Gasteiger partial charge in [-0.2, -0.15) is 0 Å². The summed E-state index contributed by atoms with van der Waals surface area (Å²) in [7, 11) is -5.17. The Balaban J connectivity index is 0.000000132. The summed E-state index contributed by atoms with van der Waals surface area (Å²) < 4.78 is 34.1. The minimum Gasteiger partial charge on any atom is -0.759 e. The molecule has 0 unspecified atom stereocenters. The van der Waals surface area contributed by atoms with E-state index in [0.29, 0.717) is 0 Å². The minimum atomic E-state index is -5.17. The van der Waals surface area contributed by atoms with Gasteiger partial charge >= 0.3 is 0 Å². The summed E-state index contributed by atoms with van der Waals surface area (Å²) in [5.41, 5.74) is 5.91. The first kappa shape index (κ1) is 17.6. The first-order valence-electron chi connectivity index (χ1n) is 7.42. The van der Waals surface area contributed by atoms with E-state index in [1.165, 1.54) is 48.4 Å². The summed E-state index contributed by atoms with van der Waals surface area (Å²) in [6.07, 6.45) is 2.49. The molecule has 0 saturated heterocycles. The first-order chi connectivity index (χ1) is 10.9. The Labute approximate surface area is 136 Å². The number of nitrogens with two attached hydrogens (primary N) is 2. The third-order valence-electron chi connectivity index (χ3n) is 3.67. The lowest BCUT2D eigenvalue weighted by Gasteiger charge is -2.06. The molecular formula is C16H20N2O4S. The maximum absolute atomic E-state index is 8.52. The molecular weight excluding hydrogens is 316 g/mol. The molecule has 0 radical (unpaired) electrons. The summed E-state index contributed by atoms with van der Waals surface area (Å²) in [5.74, 6) is 0. The van der Waals surface area contributed by atoms with Gasteiger partial charge in [0.2, 0.25) is 0 Å². The van der Waals surface area contributed by atoms with Crippen molar-refractivity contribution in [3.8, 4) is 0 Å². The number of benzene rings is 2. The Morgan fingerprint density at radius 1 is 0.739 bits per heavy atom. The smallest absolute Gasteiger partial charge is 0.133 e. The molecule has 0 saturated carbocycles. The highest BCUT2D eigenvalue weighted by Crippen LogP contribution is 2.13. The van der Waals surface area contributed by atoms with Crippen molar-refractivity contribution in [3.05, 3.63) is 59.7 Å². The highest BCUT2D eigenvalue weighted by Gasteiger charge is 2.12. The van der Waals surface area contributed by atoms with Crippen LogP contribution in [0.15, 0.2) is 48.5 Å². The van der Waals surface area contributed by atoms with E-state index in [1.807, 2.05) is 0 Å². The van der Waals surface area contributed by atoms with E-state index in [1.54, 1.807) is 0 Å². The van der Waals surface area contributed by atoms with Crippen LogP contribution in [0.5, 0.6) is 0 Å². The van der Waals surface area contributed by atoms with E-state index in [-0.39, 0.29) is 0 Å². The zero-order valence-corrected chi connectivity index (χ0v) is 13.5. The van der Waals surface area contributed by atoms with Crippen LogP contribution in [0.1, 0.15) is 11.1 Å². The van der Waals surface area contributed by atoms with Crippen molar-refractivity contribution in [2.24, 2.45) is 0 Å². The van der Waals surface area contributed by atoms with Gasteiger partial charge in [-0.1, -0.05) is 36.4 Å². The van der Waals surface area contributed by atoms with Crippen molar-refractivity contribution in [1.29, 1.82) is 0 Å². The normalized spacial score (nSPS) is 14.7. The molecule has 124 valence electrons. The van der Waals surface area contributed by atoms with Crippen LogP contribution in [0.2, 0.25) is 0 Å². The second-order valence-corrected chi connectivity index (χ2v) is 6.11. The SMILES string of the molecule is O=S(=O)([O-])[O-].c1ccc2c(c1)CC[NH2+]2.c1ccc2c(c1)CC[NH2+]2. The number of fused-ring (bicyclic) bond motifs is 2. The van der Waals surface area contributed by atoms with Gasteiger partial charge in [0.1, 0.15) is 11.4 Å². The van der Waals surface area contributed by atoms with Crippen molar-refractivity contribution in [3.63, 3.8) is 0 Å². The second-order valence-electron chi connectivity index (χ2n) is 5.29. The zero-order valence-electron chi connectivity index (χ0n) is 12.6. The van der Waals surface area contributed by atoms with Gasteiger partial charge in [-0.25, -0.2) is 0 Å². The summed E-state index contributed by atoms with van der Waals surface area (Å²) >= 11 is 0. The molecule has 0 aromatic heterocycles. The van der Waals surface area contributed by atoms with Gasteiger partial charge < -0.3 is 19.7 Å². The molecule has 23 heavy (non-hydrogen) atoms. The molecule has 6 nitrogen and oxygen atoms in total. The topological polar surface area (TPSA) is 113 Å². The van der Waals surface area contributed by atoms with E-state index in [0.717, 1.165) is 0 Å². The van der Waals surface area contributed by atoms with E-state index in [2.05, 4.69) is 59.2 Å². The van der Waals surface area contributed by atoms with Crippen molar-refractivity contribution in [2.75, 3.05) is 13.1 Å². The van der Waals surface area contributed by atoms with Crippen molar-refractivity contribution in [2.45, 2.75) is 12.8 Å². The van der Waals surface area contributed by atoms with E-state index in [4.69, 9.17) is 17.5 Å². The van der Waals surface area contributed by atoms with E-state index >= 15 is 0 Å². The highest BCUT2D eigenvalue weighted by atomic mass is 32.3. The highest BCUT2D eigenvalue weighted by molar-refractivity contribution is 7.79. The fourth-order valence-electron chi connectivity index (χ4n) is 2.69. The van der Waals surface area contributed by atoms with Crippen LogP contribution in [0.4, 0.5) is 11.4 Å². The van der Waals surface area contributed by atoms with Gasteiger partial charge in [0.05, 0.1) is 13.1 Å². The van der Waals surface area contributed by atoms with Crippen molar-refractivity contribution < 1.29 is 28.2 Å². The standard InChI is InChI=1S/2C8H9N.H2O4S/c2*1-2-4-8-7(3-1)5-6-9-8;1-5(2,3)4/h2*1-4,9H,5-6H2;(H2,1,2,3,4). The molecule has 0 atom stereocenters. The Morgan fingerprint density at radius 3 is 1.43 bits per heavy atom. The quantitative estimate of drug-likeness (QED) is 0.385. The molecule has 2 aromatic carbocycles. The Morgan fingerprint density at radius 2 is 1.09 bits per heavy atom. The summed E-state index contributed by atoms with van der Waals surface area (Å²) in [6.45, 7) is 2.47. The number of para-hydroxylation sites is 2. The number of hydrogen-bond donors (Lipinski definition) is 2. The lowest BCUT2D eigenvalue weighted by molar-refractivity contribution is -0.561. The summed E-state index contributed by atoms with van der Waals surface area (Å²) in [6, 6.07) is 17.2. The largest absolute Gasteiger partial charge is 0.759 e. The number of hydrogen-bond acceptors (Lipinski definition) is 4. The molecule has 4 rings (SSSR count). The summed E-state index contributed by atoms with van der Waals surface area (Å²) in [4.78, 5) is 0.